The van der Waals surface area contributed by atoms with Crippen LogP contribution in [0.5, 0.6) is 0 Å². The van der Waals surface area contributed by atoms with E-state index < -0.39 is 0 Å². The minimum Gasteiger partial charge on any atom is -0.383 e. The van der Waals surface area contributed by atoms with E-state index in [1.165, 1.54) is 12.1 Å². The van der Waals surface area contributed by atoms with E-state index >= 15 is 0 Å². The minimum absolute atomic E-state index is 0.0134. The molecule has 0 aliphatic heterocycles. The van der Waals surface area contributed by atoms with Crippen molar-refractivity contribution in [3.8, 4) is 0 Å². The zero-order chi connectivity index (χ0) is 14.1. The second-order valence-electron chi connectivity index (χ2n) is 4.34. The number of amides is 1. The summed E-state index contributed by atoms with van der Waals surface area (Å²) in [5.74, 6) is -0.250. The molecule has 0 saturated carbocycles. The molecule has 0 spiro atoms. The molecule has 1 rings (SSSR count). The Balaban J connectivity index is 2.20. The van der Waals surface area contributed by atoms with Gasteiger partial charge in [0.15, 0.2) is 0 Å². The molecule has 0 bridgehead atoms. The standard InChI is InChI=1S/C14H21FN2O2/c1-11-3-4-13(15)9-12(11)10-16-6-5-14(18)17-7-8-19-2/h3-4,9,16H,5-8,10H2,1-2H3,(H,17,18). The molecule has 4 nitrogen and oxygen atoms in total. The van der Waals surface area contributed by atoms with Crippen LogP contribution in [-0.2, 0) is 16.1 Å². The van der Waals surface area contributed by atoms with E-state index in [9.17, 15) is 9.18 Å². The van der Waals surface area contributed by atoms with Crippen LogP contribution < -0.4 is 10.6 Å². The van der Waals surface area contributed by atoms with E-state index in [0.29, 0.717) is 32.7 Å². The summed E-state index contributed by atoms with van der Waals surface area (Å²) in [6.07, 6.45) is 0.401. The van der Waals surface area contributed by atoms with E-state index in [4.69, 9.17) is 4.74 Å². The number of rotatable bonds is 8. The first-order chi connectivity index (χ1) is 9.13. The van der Waals surface area contributed by atoms with E-state index in [1.54, 1.807) is 13.2 Å². The Kier molecular flexibility index (Phi) is 7.07. The van der Waals surface area contributed by atoms with E-state index in [1.807, 2.05) is 6.92 Å². The van der Waals surface area contributed by atoms with Crippen molar-refractivity contribution in [1.82, 2.24) is 10.6 Å². The number of methoxy groups -OCH3 is 1. The third kappa shape index (κ3) is 6.31. The van der Waals surface area contributed by atoms with Crippen molar-refractivity contribution in [3.05, 3.63) is 35.1 Å². The lowest BCUT2D eigenvalue weighted by Crippen LogP contribution is -2.30. The van der Waals surface area contributed by atoms with Crippen molar-refractivity contribution in [3.63, 3.8) is 0 Å². The molecule has 1 aromatic carbocycles. The lowest BCUT2D eigenvalue weighted by Gasteiger charge is -2.08. The highest BCUT2D eigenvalue weighted by Crippen LogP contribution is 2.09. The SMILES string of the molecule is COCCNC(=O)CCNCc1cc(F)ccc1C. The third-order valence-corrected chi connectivity index (χ3v) is 2.78. The zero-order valence-corrected chi connectivity index (χ0v) is 11.5. The summed E-state index contributed by atoms with van der Waals surface area (Å²) in [4.78, 5) is 11.4. The maximum Gasteiger partial charge on any atom is 0.221 e. The number of ether oxygens (including phenoxy) is 1. The molecule has 106 valence electrons. The number of nitrogens with one attached hydrogen (secondary N) is 2. The number of benzene rings is 1. The van der Waals surface area contributed by atoms with Crippen LogP contribution >= 0.6 is 0 Å². The topological polar surface area (TPSA) is 50.4 Å². The van der Waals surface area contributed by atoms with Crippen molar-refractivity contribution in [1.29, 1.82) is 0 Å². The van der Waals surface area contributed by atoms with Crippen LogP contribution in [0.2, 0.25) is 0 Å². The molecule has 0 saturated heterocycles. The first-order valence-electron chi connectivity index (χ1n) is 6.35. The molecule has 1 amide bonds. The van der Waals surface area contributed by atoms with E-state index in [0.717, 1.165) is 11.1 Å². The number of carbonyl (C=O) groups excluding carboxylic acids is 1. The van der Waals surface area contributed by atoms with Crippen LogP contribution in [0.4, 0.5) is 4.39 Å². The average Bonchev–Trinajstić information content (AvgIpc) is 2.39. The summed E-state index contributed by atoms with van der Waals surface area (Å²) in [6.45, 7) is 4.11. The van der Waals surface area contributed by atoms with Gasteiger partial charge in [0.05, 0.1) is 6.61 Å². The molecule has 5 heteroatoms. The van der Waals surface area contributed by atoms with Gasteiger partial charge in [-0.1, -0.05) is 6.07 Å². The van der Waals surface area contributed by atoms with Crippen molar-refractivity contribution in [2.24, 2.45) is 0 Å². The minimum atomic E-state index is -0.236. The molecular weight excluding hydrogens is 247 g/mol. The summed E-state index contributed by atoms with van der Waals surface area (Å²) >= 11 is 0. The van der Waals surface area contributed by atoms with Gasteiger partial charge in [0.25, 0.3) is 0 Å². The molecule has 0 fully saturated rings. The smallest absolute Gasteiger partial charge is 0.221 e. The molecule has 1 aromatic rings. The Morgan fingerprint density at radius 2 is 2.16 bits per heavy atom. The fourth-order valence-corrected chi connectivity index (χ4v) is 1.64. The molecule has 0 atom stereocenters. The van der Waals surface area contributed by atoms with Gasteiger partial charge < -0.3 is 15.4 Å². The molecule has 0 aromatic heterocycles. The summed E-state index contributed by atoms with van der Waals surface area (Å²) in [5.41, 5.74) is 1.96. The van der Waals surface area contributed by atoms with Gasteiger partial charge in [-0.05, 0) is 30.2 Å². The Morgan fingerprint density at radius 1 is 1.37 bits per heavy atom. The summed E-state index contributed by atoms with van der Waals surface area (Å²) < 4.78 is 17.9. The Hall–Kier alpha value is -1.46. The van der Waals surface area contributed by atoms with E-state index in [2.05, 4.69) is 10.6 Å². The number of aryl methyl sites for hydroxylation is 1. The highest BCUT2D eigenvalue weighted by molar-refractivity contribution is 5.76. The fourth-order valence-electron chi connectivity index (χ4n) is 1.64. The number of hydrogen-bond acceptors (Lipinski definition) is 3. The average molecular weight is 268 g/mol. The Labute approximate surface area is 113 Å². The van der Waals surface area contributed by atoms with Crippen molar-refractivity contribution in [2.75, 3.05) is 26.8 Å². The largest absolute Gasteiger partial charge is 0.383 e. The van der Waals surface area contributed by atoms with Crippen molar-refractivity contribution >= 4 is 5.91 Å². The van der Waals surface area contributed by atoms with Gasteiger partial charge in [-0.25, -0.2) is 4.39 Å². The fraction of sp³-hybridized carbons (Fsp3) is 0.500. The quantitative estimate of drug-likeness (QED) is 0.700. The van der Waals surface area contributed by atoms with Crippen molar-refractivity contribution in [2.45, 2.75) is 19.9 Å². The second kappa shape index (κ2) is 8.61. The zero-order valence-electron chi connectivity index (χ0n) is 11.5. The van der Waals surface area contributed by atoms with Crippen molar-refractivity contribution < 1.29 is 13.9 Å². The third-order valence-electron chi connectivity index (χ3n) is 2.78. The number of carbonyl (C=O) groups is 1. The lowest BCUT2D eigenvalue weighted by atomic mass is 10.1. The maximum atomic E-state index is 13.1. The monoisotopic (exact) mass is 268 g/mol. The first-order valence-corrected chi connectivity index (χ1v) is 6.35. The van der Waals surface area contributed by atoms with Crippen LogP contribution in [-0.4, -0.2) is 32.7 Å². The number of halogens is 1. The second-order valence-corrected chi connectivity index (χ2v) is 4.34. The molecule has 0 heterocycles. The highest BCUT2D eigenvalue weighted by Gasteiger charge is 2.02. The summed E-state index contributed by atoms with van der Waals surface area (Å²) in [7, 11) is 1.59. The van der Waals surface area contributed by atoms with Gasteiger partial charge in [-0.3, -0.25) is 4.79 Å². The molecule has 0 aliphatic carbocycles. The Bertz CT molecular complexity index is 410. The van der Waals surface area contributed by atoms with Gasteiger partial charge in [0, 0.05) is 33.2 Å². The molecule has 19 heavy (non-hydrogen) atoms. The van der Waals surface area contributed by atoms with Crippen LogP contribution in [0.3, 0.4) is 0 Å². The summed E-state index contributed by atoms with van der Waals surface area (Å²) in [5, 5.41) is 5.87. The van der Waals surface area contributed by atoms with Gasteiger partial charge in [-0.15, -0.1) is 0 Å². The van der Waals surface area contributed by atoms with E-state index in [-0.39, 0.29) is 11.7 Å². The maximum absolute atomic E-state index is 13.1. The van der Waals surface area contributed by atoms with Gasteiger partial charge in [0.1, 0.15) is 5.82 Å². The van der Waals surface area contributed by atoms with Crippen LogP contribution in [0.25, 0.3) is 0 Å². The predicted octanol–water partition coefficient (Wildman–Crippen LogP) is 1.38. The van der Waals surface area contributed by atoms with Crippen LogP contribution in [0, 0.1) is 12.7 Å². The molecule has 0 radical (unpaired) electrons. The van der Waals surface area contributed by atoms with Crippen LogP contribution in [0.1, 0.15) is 17.5 Å². The molecular formula is C14H21FN2O2. The molecule has 0 aliphatic rings. The normalized spacial score (nSPS) is 10.5. The highest BCUT2D eigenvalue weighted by atomic mass is 19.1. The van der Waals surface area contributed by atoms with Gasteiger partial charge in [0.2, 0.25) is 5.91 Å². The van der Waals surface area contributed by atoms with Crippen LogP contribution in [0.15, 0.2) is 18.2 Å². The number of hydrogen-bond donors (Lipinski definition) is 2. The molecule has 0 unspecified atom stereocenters. The summed E-state index contributed by atoms with van der Waals surface area (Å²) in [6, 6.07) is 4.72. The van der Waals surface area contributed by atoms with Gasteiger partial charge in [-0.2, -0.15) is 0 Å². The first kappa shape index (κ1) is 15.6. The Morgan fingerprint density at radius 3 is 2.89 bits per heavy atom. The lowest BCUT2D eigenvalue weighted by molar-refractivity contribution is -0.121. The molecule has 2 N–H and O–H groups in total. The van der Waals surface area contributed by atoms with Gasteiger partial charge >= 0.3 is 0 Å². The predicted molar refractivity (Wildman–Crippen MR) is 72.3 cm³/mol.